The number of unbranched alkanes of at least 4 members (excludes halogenated alkanes) is 1. The van der Waals surface area contributed by atoms with Gasteiger partial charge in [-0.25, -0.2) is 20.1 Å². The van der Waals surface area contributed by atoms with Crippen LogP contribution >= 0.6 is 31.7 Å². The lowest BCUT2D eigenvalue weighted by Gasteiger charge is -1.77. The highest BCUT2D eigenvalue weighted by Crippen LogP contribution is 1.98. The Labute approximate surface area is 81.6 Å². The zero-order chi connectivity index (χ0) is 8.41. The van der Waals surface area contributed by atoms with Crippen LogP contribution in [0.1, 0.15) is 26.7 Å². The van der Waals surface area contributed by atoms with E-state index in [1.807, 2.05) is 6.92 Å². The Kier molecular flexibility index (Phi) is 18.2. The van der Waals surface area contributed by atoms with Crippen molar-refractivity contribution in [3.8, 4) is 0 Å². The van der Waals surface area contributed by atoms with E-state index < -0.39 is 12.3 Å². The van der Waals surface area contributed by atoms with E-state index in [1.165, 1.54) is 6.42 Å². The highest BCUT2D eigenvalue weighted by molar-refractivity contribution is 7.33. The van der Waals surface area contributed by atoms with Gasteiger partial charge in [0, 0.05) is 5.88 Å². The maximum absolute atomic E-state index is 5.37. The van der Waals surface area contributed by atoms with Gasteiger partial charge in [-0.3, -0.25) is 0 Å². The molecule has 0 aromatic heterocycles. The molecule has 0 N–H and O–H groups in total. The van der Waals surface area contributed by atoms with Gasteiger partial charge >= 0.3 is 12.3 Å². The third-order valence-electron chi connectivity index (χ3n) is 0.796. The van der Waals surface area contributed by atoms with Crippen LogP contribution in [0.5, 0.6) is 0 Å². The lowest BCUT2D eigenvalue weighted by Crippen LogP contribution is -1.83. The Balaban J connectivity index is 0. The maximum Gasteiger partial charge on any atom is 0.519 e. The van der Waals surface area contributed by atoms with E-state index in [0.29, 0.717) is 0 Å². The monoisotopic (exact) mass is 218 g/mol. The van der Waals surface area contributed by atoms with Crippen LogP contribution in [0, 0.1) is 0 Å². The Bertz CT molecular complexity index is 48.3. The number of alkyl halides is 1. The molecule has 0 saturated heterocycles. The summed E-state index contributed by atoms with van der Waals surface area (Å²) >= 11 is 4.10. The standard InChI is InChI=1S/C4H9Cl.C2H5.Al.2ClH/c1-2-3-4-5;1-2;;;/h2-4H2,1H3;1H2,2H3;;2*1H/q;;+2;;/p-2. The summed E-state index contributed by atoms with van der Waals surface area (Å²) in [7, 11) is 10.7. The number of hydrogen-bond acceptors (Lipinski definition) is 0. The van der Waals surface area contributed by atoms with Crippen molar-refractivity contribution in [1.29, 1.82) is 0 Å². The fraction of sp³-hybridized carbons (Fsp3) is 1.00. The van der Waals surface area contributed by atoms with Crippen molar-refractivity contribution in [2.45, 2.75) is 32.0 Å². The minimum Gasteiger partial charge on any atom is -0.234 e. The van der Waals surface area contributed by atoms with Crippen LogP contribution in [0.15, 0.2) is 0 Å². The molecule has 0 nitrogen and oxygen atoms in total. The first-order chi connectivity index (χ1) is 4.68. The van der Waals surface area contributed by atoms with Gasteiger partial charge in [-0.1, -0.05) is 25.6 Å². The highest BCUT2D eigenvalue weighted by Gasteiger charge is 2.03. The second-order valence-corrected chi connectivity index (χ2v) is 7.65. The van der Waals surface area contributed by atoms with Gasteiger partial charge in [0.05, 0.1) is 0 Å². The van der Waals surface area contributed by atoms with E-state index in [-0.39, 0.29) is 0 Å². The summed E-state index contributed by atoms with van der Waals surface area (Å²) in [6, 6.07) is 0. The van der Waals surface area contributed by atoms with Crippen molar-refractivity contribution in [2.24, 2.45) is 0 Å². The molecular formula is C6H14AlCl3. The van der Waals surface area contributed by atoms with Crippen LogP contribution in [-0.2, 0) is 0 Å². The molecule has 0 heterocycles. The molecule has 62 valence electrons. The van der Waals surface area contributed by atoms with Gasteiger partial charge in [-0.05, 0) is 6.42 Å². The van der Waals surface area contributed by atoms with Gasteiger partial charge < -0.3 is 0 Å². The molecule has 0 amide bonds. The van der Waals surface area contributed by atoms with Crippen molar-refractivity contribution >= 4 is 44.0 Å². The number of halogens is 3. The third kappa shape index (κ3) is 22.7. The quantitative estimate of drug-likeness (QED) is 0.497. The Morgan fingerprint density at radius 1 is 1.20 bits per heavy atom. The number of rotatable bonds is 3. The largest absolute Gasteiger partial charge is 0.519 e. The maximum atomic E-state index is 5.37. The third-order valence-corrected chi connectivity index (χ3v) is 3.53. The van der Waals surface area contributed by atoms with E-state index in [9.17, 15) is 0 Å². The lowest BCUT2D eigenvalue weighted by atomic mass is 10.4. The molecule has 4 heteroatoms. The highest BCUT2D eigenvalue weighted by atomic mass is 35.7. The van der Waals surface area contributed by atoms with Crippen LogP contribution < -0.4 is 0 Å². The van der Waals surface area contributed by atoms with Crippen molar-refractivity contribution < 1.29 is 0 Å². The van der Waals surface area contributed by atoms with Crippen molar-refractivity contribution in [3.63, 3.8) is 0 Å². The van der Waals surface area contributed by atoms with E-state index in [2.05, 4.69) is 6.92 Å². The molecular weight excluding hydrogens is 205 g/mol. The van der Waals surface area contributed by atoms with Gasteiger partial charge in [0.1, 0.15) is 0 Å². The minimum atomic E-state index is -1.21. The summed E-state index contributed by atoms with van der Waals surface area (Å²) in [6.45, 7) is 4.12. The van der Waals surface area contributed by atoms with Crippen LogP contribution in [0.2, 0.25) is 5.28 Å². The first kappa shape index (κ1) is 14.0. The number of hydrogen-bond donors (Lipinski definition) is 0. The predicted octanol–water partition coefficient (Wildman–Crippen LogP) is 4.00. The van der Waals surface area contributed by atoms with Crippen molar-refractivity contribution in [1.82, 2.24) is 0 Å². The van der Waals surface area contributed by atoms with Gasteiger partial charge in [-0.2, -0.15) is 0 Å². The van der Waals surface area contributed by atoms with E-state index in [4.69, 9.17) is 31.7 Å². The summed E-state index contributed by atoms with van der Waals surface area (Å²) in [5.41, 5.74) is 0. The van der Waals surface area contributed by atoms with Crippen molar-refractivity contribution in [2.75, 3.05) is 5.88 Å². The topological polar surface area (TPSA) is 0 Å². The summed E-state index contributed by atoms with van der Waals surface area (Å²) in [4.78, 5) is 0. The average molecular weight is 220 g/mol. The Morgan fingerprint density at radius 2 is 1.60 bits per heavy atom. The van der Waals surface area contributed by atoms with Gasteiger partial charge in [0.25, 0.3) is 0 Å². The minimum absolute atomic E-state index is 0.816. The summed E-state index contributed by atoms with van der Waals surface area (Å²) in [5.74, 6) is 0.816. The fourth-order valence-electron chi connectivity index (χ4n) is 0.134. The molecule has 0 radical (unpaired) electrons. The van der Waals surface area contributed by atoms with Gasteiger partial charge in [0.2, 0.25) is 0 Å². The van der Waals surface area contributed by atoms with E-state index >= 15 is 0 Å². The first-order valence-corrected chi connectivity index (χ1v) is 8.37. The molecule has 0 atom stereocenters. The SMILES string of the molecule is CCCCCl.C[CH2][Al]([Cl])[Cl]. The van der Waals surface area contributed by atoms with E-state index in [1.54, 1.807) is 0 Å². The zero-order valence-corrected chi connectivity index (χ0v) is 9.96. The zero-order valence-electron chi connectivity index (χ0n) is 6.54. The molecule has 0 unspecified atom stereocenters. The van der Waals surface area contributed by atoms with Gasteiger partial charge in [0.15, 0.2) is 0 Å². The normalized spacial score (nSPS) is 8.10. The van der Waals surface area contributed by atoms with Gasteiger partial charge in [-0.15, -0.1) is 11.6 Å². The molecule has 0 aromatic rings. The molecule has 0 aliphatic rings. The lowest BCUT2D eigenvalue weighted by molar-refractivity contribution is 0.892. The fourth-order valence-corrected chi connectivity index (χ4v) is 0.401. The molecule has 0 saturated carbocycles. The van der Waals surface area contributed by atoms with Crippen molar-refractivity contribution in [3.05, 3.63) is 0 Å². The molecule has 0 aliphatic carbocycles. The molecule has 0 fully saturated rings. The summed E-state index contributed by atoms with van der Waals surface area (Å²) < 4.78 is 0. The summed E-state index contributed by atoms with van der Waals surface area (Å²) in [5, 5.41) is 0.975. The second-order valence-electron chi connectivity index (χ2n) is 1.84. The van der Waals surface area contributed by atoms with E-state index in [0.717, 1.165) is 17.6 Å². The van der Waals surface area contributed by atoms with Crippen LogP contribution in [-0.4, -0.2) is 18.2 Å². The molecule has 0 rings (SSSR count). The molecule has 0 spiro atoms. The smallest absolute Gasteiger partial charge is 0.234 e. The second kappa shape index (κ2) is 13.0. The molecule has 0 bridgehead atoms. The first-order valence-electron chi connectivity index (χ1n) is 3.53. The summed E-state index contributed by atoms with van der Waals surface area (Å²) in [6.07, 6.45) is 2.37. The molecule has 10 heavy (non-hydrogen) atoms. The van der Waals surface area contributed by atoms with Crippen LogP contribution in [0.3, 0.4) is 0 Å². The predicted molar refractivity (Wildman–Crippen MR) is 53.6 cm³/mol. The molecule has 0 aromatic carbocycles. The average Bonchev–Trinajstić information content (AvgIpc) is 1.91. The molecule has 0 aliphatic heterocycles. The van der Waals surface area contributed by atoms with Crippen LogP contribution in [0.25, 0.3) is 0 Å². The Hall–Kier alpha value is 1.40. The Morgan fingerprint density at radius 3 is 1.60 bits per heavy atom. The van der Waals surface area contributed by atoms with Crippen LogP contribution in [0.4, 0.5) is 0 Å².